The molecule has 0 aromatic heterocycles. The van der Waals surface area contributed by atoms with E-state index in [1.807, 2.05) is 6.92 Å². The van der Waals surface area contributed by atoms with E-state index in [1.54, 1.807) is 25.1 Å². The van der Waals surface area contributed by atoms with Crippen LogP contribution in [0.25, 0.3) is 0 Å². The van der Waals surface area contributed by atoms with E-state index < -0.39 is 12.0 Å². The fourth-order valence-electron chi connectivity index (χ4n) is 1.72. The second kappa shape index (κ2) is 10.6. The molecule has 6 heteroatoms. The molecule has 0 radical (unpaired) electrons. The van der Waals surface area contributed by atoms with Gasteiger partial charge in [0.1, 0.15) is 5.75 Å². The number of nitrogens with two attached hydrogens (primary N) is 1. The predicted molar refractivity (Wildman–Crippen MR) is 83.8 cm³/mol. The van der Waals surface area contributed by atoms with Crippen LogP contribution in [0.5, 0.6) is 5.75 Å². The van der Waals surface area contributed by atoms with Gasteiger partial charge in [0, 0.05) is 6.42 Å². The lowest BCUT2D eigenvalue weighted by molar-refractivity contribution is -0.140. The van der Waals surface area contributed by atoms with Crippen LogP contribution in [0.2, 0.25) is 0 Å². The predicted octanol–water partition coefficient (Wildman–Crippen LogP) is 1.68. The summed E-state index contributed by atoms with van der Waals surface area (Å²) in [5.41, 5.74) is 6.41. The largest absolute Gasteiger partial charge is 0.496 e. The van der Waals surface area contributed by atoms with Gasteiger partial charge in [-0.2, -0.15) is 0 Å². The maximum atomic E-state index is 11.1. The molecule has 0 saturated carbocycles. The van der Waals surface area contributed by atoms with Gasteiger partial charge in [-0.05, 0) is 37.5 Å². The van der Waals surface area contributed by atoms with Crippen molar-refractivity contribution in [1.29, 1.82) is 0 Å². The van der Waals surface area contributed by atoms with Gasteiger partial charge < -0.3 is 20.3 Å². The highest BCUT2D eigenvalue weighted by atomic mass is 16.5. The maximum Gasteiger partial charge on any atom is 0.305 e. The summed E-state index contributed by atoms with van der Waals surface area (Å²) in [7, 11) is 2.88. The Kier molecular flexibility index (Phi) is 9.61. The number of methoxy groups -OCH3 is 2. The van der Waals surface area contributed by atoms with Crippen LogP contribution in [-0.2, 0) is 16.0 Å². The third-order valence-corrected chi connectivity index (χ3v) is 2.74. The number of rotatable bonds is 6. The van der Waals surface area contributed by atoms with Crippen LogP contribution in [0.1, 0.15) is 42.6 Å². The average molecular weight is 311 g/mol. The van der Waals surface area contributed by atoms with Crippen molar-refractivity contribution >= 4 is 11.9 Å². The molecule has 3 N–H and O–H groups in total. The molecule has 1 unspecified atom stereocenters. The van der Waals surface area contributed by atoms with E-state index in [2.05, 4.69) is 4.74 Å². The highest BCUT2D eigenvalue weighted by Crippen LogP contribution is 2.20. The fourth-order valence-corrected chi connectivity index (χ4v) is 1.72. The zero-order valence-electron chi connectivity index (χ0n) is 13.6. The molecular formula is C16H25NO5. The van der Waals surface area contributed by atoms with E-state index in [9.17, 15) is 14.7 Å². The highest BCUT2D eigenvalue weighted by Gasteiger charge is 2.10. The highest BCUT2D eigenvalue weighted by molar-refractivity contribution is 5.95. The van der Waals surface area contributed by atoms with Crippen LogP contribution in [0.3, 0.4) is 0 Å². The number of hydrogen-bond donors (Lipinski definition) is 2. The van der Waals surface area contributed by atoms with Crippen molar-refractivity contribution in [2.45, 2.75) is 39.2 Å². The number of primary amides is 1. The van der Waals surface area contributed by atoms with Crippen molar-refractivity contribution < 1.29 is 24.2 Å². The standard InChI is InChI=1S/C11H15NO3.C5H10O2/c1-7(13)5-8-3-4-10(15-2)9(6-8)11(12)14;1-3-4-5(6)7-2/h3-4,6-7,13H,5H2,1-2H3,(H2,12,14);3-4H2,1-2H3. The number of aliphatic hydroxyl groups excluding tert-OH is 1. The molecule has 0 aliphatic rings. The summed E-state index contributed by atoms with van der Waals surface area (Å²) < 4.78 is 9.35. The monoisotopic (exact) mass is 311 g/mol. The van der Waals surface area contributed by atoms with Gasteiger partial charge in [0.05, 0.1) is 25.9 Å². The Labute approximate surface area is 131 Å². The molecule has 1 aromatic carbocycles. The lowest BCUT2D eigenvalue weighted by Crippen LogP contribution is -2.13. The first-order valence-corrected chi connectivity index (χ1v) is 7.07. The van der Waals surface area contributed by atoms with E-state index in [0.29, 0.717) is 24.2 Å². The maximum absolute atomic E-state index is 11.1. The molecular weight excluding hydrogens is 286 g/mol. The second-order valence-electron chi connectivity index (χ2n) is 4.78. The molecule has 1 amide bonds. The molecule has 0 saturated heterocycles. The van der Waals surface area contributed by atoms with Crippen molar-refractivity contribution in [3.05, 3.63) is 29.3 Å². The Morgan fingerprint density at radius 2 is 1.95 bits per heavy atom. The summed E-state index contributed by atoms with van der Waals surface area (Å²) in [4.78, 5) is 21.3. The molecule has 0 aliphatic heterocycles. The van der Waals surface area contributed by atoms with Crippen molar-refractivity contribution in [2.75, 3.05) is 14.2 Å². The van der Waals surface area contributed by atoms with Crippen LogP contribution < -0.4 is 10.5 Å². The number of aliphatic hydroxyl groups is 1. The number of esters is 1. The average Bonchev–Trinajstić information content (AvgIpc) is 2.47. The normalized spacial score (nSPS) is 11.0. The topological polar surface area (TPSA) is 98.8 Å². The fraction of sp³-hybridized carbons (Fsp3) is 0.500. The Morgan fingerprint density at radius 3 is 2.32 bits per heavy atom. The number of ether oxygens (including phenoxy) is 2. The van der Waals surface area contributed by atoms with Gasteiger partial charge in [0.15, 0.2) is 0 Å². The van der Waals surface area contributed by atoms with Crippen LogP contribution in [-0.4, -0.2) is 37.3 Å². The van der Waals surface area contributed by atoms with Gasteiger partial charge in [0.25, 0.3) is 5.91 Å². The zero-order chi connectivity index (χ0) is 17.1. The molecule has 1 rings (SSSR count). The molecule has 124 valence electrons. The number of hydrogen-bond acceptors (Lipinski definition) is 5. The Balaban J connectivity index is 0.000000534. The Bertz CT molecular complexity index is 485. The third-order valence-electron chi connectivity index (χ3n) is 2.74. The van der Waals surface area contributed by atoms with Crippen molar-refractivity contribution in [3.8, 4) is 5.75 Å². The lowest BCUT2D eigenvalue weighted by atomic mass is 10.0. The second-order valence-corrected chi connectivity index (χ2v) is 4.78. The summed E-state index contributed by atoms with van der Waals surface area (Å²) in [6.07, 6.45) is 1.45. The molecule has 1 aromatic rings. The van der Waals surface area contributed by atoms with Gasteiger partial charge in [-0.25, -0.2) is 0 Å². The molecule has 0 aliphatic carbocycles. The molecule has 0 fully saturated rings. The number of benzene rings is 1. The van der Waals surface area contributed by atoms with Crippen LogP contribution in [0.15, 0.2) is 18.2 Å². The molecule has 0 bridgehead atoms. The number of carbonyl (C=O) groups excluding carboxylic acids is 2. The number of carbonyl (C=O) groups is 2. The summed E-state index contributed by atoms with van der Waals surface area (Å²) in [5, 5.41) is 9.21. The summed E-state index contributed by atoms with van der Waals surface area (Å²) >= 11 is 0. The van der Waals surface area contributed by atoms with E-state index in [-0.39, 0.29) is 5.97 Å². The summed E-state index contributed by atoms with van der Waals surface area (Å²) in [6, 6.07) is 5.13. The molecule has 0 spiro atoms. The van der Waals surface area contributed by atoms with Gasteiger partial charge in [-0.3, -0.25) is 9.59 Å². The van der Waals surface area contributed by atoms with Gasteiger partial charge in [-0.1, -0.05) is 13.0 Å². The minimum Gasteiger partial charge on any atom is -0.496 e. The first kappa shape index (κ1) is 19.9. The minimum absolute atomic E-state index is 0.123. The number of amides is 1. The smallest absolute Gasteiger partial charge is 0.305 e. The summed E-state index contributed by atoms with van der Waals surface area (Å²) in [5.74, 6) is -0.196. The first-order valence-electron chi connectivity index (χ1n) is 7.07. The van der Waals surface area contributed by atoms with Crippen molar-refractivity contribution in [2.24, 2.45) is 5.73 Å². The van der Waals surface area contributed by atoms with Gasteiger partial charge in [-0.15, -0.1) is 0 Å². The Morgan fingerprint density at radius 1 is 1.32 bits per heavy atom. The van der Waals surface area contributed by atoms with E-state index in [1.165, 1.54) is 14.2 Å². The van der Waals surface area contributed by atoms with E-state index in [0.717, 1.165) is 12.0 Å². The van der Waals surface area contributed by atoms with Gasteiger partial charge in [0.2, 0.25) is 0 Å². The summed E-state index contributed by atoms with van der Waals surface area (Å²) in [6.45, 7) is 3.63. The Hall–Kier alpha value is -2.08. The molecule has 6 nitrogen and oxygen atoms in total. The SMILES string of the molecule is CCCC(=O)OC.COc1ccc(CC(C)O)cc1C(N)=O. The molecule has 1 atom stereocenters. The molecule has 0 heterocycles. The lowest BCUT2D eigenvalue weighted by Gasteiger charge is -2.09. The third kappa shape index (κ3) is 7.64. The van der Waals surface area contributed by atoms with Crippen molar-refractivity contribution in [3.63, 3.8) is 0 Å². The van der Waals surface area contributed by atoms with E-state index in [4.69, 9.17) is 10.5 Å². The van der Waals surface area contributed by atoms with Gasteiger partial charge >= 0.3 is 5.97 Å². The van der Waals surface area contributed by atoms with Crippen LogP contribution >= 0.6 is 0 Å². The zero-order valence-corrected chi connectivity index (χ0v) is 13.6. The van der Waals surface area contributed by atoms with Crippen molar-refractivity contribution in [1.82, 2.24) is 0 Å². The minimum atomic E-state index is -0.528. The quantitative estimate of drug-likeness (QED) is 0.779. The van der Waals surface area contributed by atoms with E-state index >= 15 is 0 Å². The first-order chi connectivity index (χ1) is 10.3. The molecule has 22 heavy (non-hydrogen) atoms. The van der Waals surface area contributed by atoms with Crippen LogP contribution in [0.4, 0.5) is 0 Å². The van der Waals surface area contributed by atoms with Crippen LogP contribution in [0, 0.1) is 0 Å².